The molecule has 1 heterocycles. The number of nitrogens with zero attached hydrogens (tertiary/aromatic N) is 2. The van der Waals surface area contributed by atoms with Gasteiger partial charge in [-0.3, -0.25) is 4.79 Å². The Morgan fingerprint density at radius 1 is 1.17 bits per heavy atom. The molecule has 8 heteroatoms. The SMILES string of the molecule is Cc1ccc2c(c1)[C@@H](NC(=O)CN(c1ccccc1)S(=O)(=O)N(C)C)CC(C)(C)O2. The van der Waals surface area contributed by atoms with Crippen molar-refractivity contribution in [1.29, 1.82) is 0 Å². The lowest BCUT2D eigenvalue weighted by molar-refractivity contribution is -0.120. The number of ether oxygens (including phenoxy) is 1. The molecule has 0 fully saturated rings. The number of hydrogen-bond donors (Lipinski definition) is 1. The van der Waals surface area contributed by atoms with E-state index in [-0.39, 0.29) is 18.5 Å². The Balaban J connectivity index is 1.87. The van der Waals surface area contributed by atoms with Crippen molar-refractivity contribution in [2.45, 2.75) is 38.8 Å². The molecular weight excluding hydrogens is 402 g/mol. The van der Waals surface area contributed by atoms with Gasteiger partial charge in [-0.25, -0.2) is 4.31 Å². The van der Waals surface area contributed by atoms with Crippen molar-refractivity contribution in [2.24, 2.45) is 0 Å². The van der Waals surface area contributed by atoms with Crippen LogP contribution in [-0.4, -0.2) is 44.9 Å². The van der Waals surface area contributed by atoms with E-state index in [1.54, 1.807) is 30.3 Å². The first-order valence-corrected chi connectivity index (χ1v) is 11.2. The third-order valence-electron chi connectivity index (χ3n) is 5.03. The highest BCUT2D eigenvalue weighted by Crippen LogP contribution is 2.39. The van der Waals surface area contributed by atoms with Crippen LogP contribution in [0.2, 0.25) is 0 Å². The lowest BCUT2D eigenvalue weighted by Crippen LogP contribution is -2.48. The van der Waals surface area contributed by atoms with E-state index >= 15 is 0 Å². The zero-order valence-electron chi connectivity index (χ0n) is 18.0. The third kappa shape index (κ3) is 4.76. The number of benzene rings is 2. The average Bonchev–Trinajstić information content (AvgIpc) is 2.66. The normalized spacial score (nSPS) is 17.7. The van der Waals surface area contributed by atoms with Crippen LogP contribution in [0.15, 0.2) is 48.5 Å². The second-order valence-electron chi connectivity index (χ2n) is 8.36. The maximum Gasteiger partial charge on any atom is 0.304 e. The summed E-state index contributed by atoms with van der Waals surface area (Å²) in [6.45, 7) is 5.62. The Hall–Kier alpha value is -2.58. The van der Waals surface area contributed by atoms with Crippen LogP contribution in [0.3, 0.4) is 0 Å². The number of aryl methyl sites for hydroxylation is 1. The molecule has 2 aromatic rings. The minimum absolute atomic E-state index is 0.268. The molecule has 0 bridgehead atoms. The molecule has 0 spiro atoms. The standard InChI is InChI=1S/C22H29N3O4S/c1-16-11-12-20-18(13-16)19(14-22(2,3)29-20)23-21(26)15-25(30(27,28)24(4)5)17-9-7-6-8-10-17/h6-13,19H,14-15H2,1-5H3,(H,23,26)/t19-/m0/s1. The van der Waals surface area contributed by atoms with Gasteiger partial charge >= 0.3 is 10.2 Å². The zero-order valence-corrected chi connectivity index (χ0v) is 18.9. The highest BCUT2D eigenvalue weighted by atomic mass is 32.2. The molecule has 0 aromatic heterocycles. The van der Waals surface area contributed by atoms with Gasteiger partial charge in [0.1, 0.15) is 17.9 Å². The predicted molar refractivity (Wildman–Crippen MR) is 118 cm³/mol. The smallest absolute Gasteiger partial charge is 0.304 e. The van der Waals surface area contributed by atoms with Crippen LogP contribution in [0.25, 0.3) is 0 Å². The van der Waals surface area contributed by atoms with Gasteiger partial charge < -0.3 is 10.1 Å². The summed E-state index contributed by atoms with van der Waals surface area (Å²) in [5.74, 6) is 0.363. The van der Waals surface area contributed by atoms with Crippen LogP contribution in [-0.2, 0) is 15.0 Å². The van der Waals surface area contributed by atoms with Crippen molar-refractivity contribution >= 4 is 21.8 Å². The molecule has 7 nitrogen and oxygen atoms in total. The van der Waals surface area contributed by atoms with Gasteiger partial charge in [-0.15, -0.1) is 0 Å². The topological polar surface area (TPSA) is 79.0 Å². The molecule has 0 saturated carbocycles. The Morgan fingerprint density at radius 2 is 1.83 bits per heavy atom. The summed E-state index contributed by atoms with van der Waals surface area (Å²) in [5.41, 5.74) is 1.96. The minimum Gasteiger partial charge on any atom is -0.487 e. The molecule has 0 radical (unpaired) electrons. The zero-order chi connectivity index (χ0) is 22.1. The first kappa shape index (κ1) is 22.1. The number of nitrogens with one attached hydrogen (secondary N) is 1. The first-order valence-electron chi connectivity index (χ1n) is 9.84. The molecule has 3 rings (SSSR count). The van der Waals surface area contributed by atoms with Gasteiger partial charge in [0.2, 0.25) is 5.91 Å². The van der Waals surface area contributed by atoms with Crippen LogP contribution in [0, 0.1) is 6.92 Å². The monoisotopic (exact) mass is 431 g/mol. The summed E-state index contributed by atoms with van der Waals surface area (Å²) in [5, 5.41) is 3.03. The van der Waals surface area contributed by atoms with Crippen molar-refractivity contribution in [1.82, 2.24) is 9.62 Å². The van der Waals surface area contributed by atoms with Crippen molar-refractivity contribution in [3.8, 4) is 5.75 Å². The van der Waals surface area contributed by atoms with Gasteiger partial charge in [0.05, 0.1) is 11.7 Å². The molecule has 0 aliphatic carbocycles. The van der Waals surface area contributed by atoms with Crippen molar-refractivity contribution in [3.05, 3.63) is 59.7 Å². The Bertz CT molecular complexity index is 1020. The summed E-state index contributed by atoms with van der Waals surface area (Å²) >= 11 is 0. The average molecular weight is 432 g/mol. The highest BCUT2D eigenvalue weighted by Gasteiger charge is 2.35. The number of hydrogen-bond acceptors (Lipinski definition) is 4. The van der Waals surface area contributed by atoms with Crippen molar-refractivity contribution < 1.29 is 17.9 Å². The summed E-state index contributed by atoms with van der Waals surface area (Å²) in [4.78, 5) is 13.0. The van der Waals surface area contributed by atoms with Gasteiger partial charge in [0, 0.05) is 26.1 Å². The lowest BCUT2D eigenvalue weighted by Gasteiger charge is -2.38. The molecule has 1 atom stereocenters. The molecule has 1 amide bonds. The molecule has 162 valence electrons. The maximum absolute atomic E-state index is 13.0. The van der Waals surface area contributed by atoms with E-state index in [1.807, 2.05) is 39.0 Å². The van der Waals surface area contributed by atoms with E-state index in [2.05, 4.69) is 5.32 Å². The molecular formula is C22H29N3O4S. The lowest BCUT2D eigenvalue weighted by atomic mass is 9.89. The second-order valence-corrected chi connectivity index (χ2v) is 10.4. The third-order valence-corrected chi connectivity index (χ3v) is 6.85. The number of carbonyl (C=O) groups is 1. The highest BCUT2D eigenvalue weighted by molar-refractivity contribution is 7.90. The van der Waals surface area contributed by atoms with Gasteiger partial charge in [-0.05, 0) is 39.0 Å². The number of para-hydroxylation sites is 1. The van der Waals surface area contributed by atoms with E-state index in [4.69, 9.17) is 4.74 Å². The number of amides is 1. The summed E-state index contributed by atoms with van der Waals surface area (Å²) in [7, 11) is -0.942. The fourth-order valence-corrected chi connectivity index (χ4v) is 4.63. The van der Waals surface area contributed by atoms with E-state index in [0.29, 0.717) is 12.1 Å². The fraction of sp³-hybridized carbons (Fsp3) is 0.409. The number of rotatable bonds is 6. The Kier molecular flexibility index (Phi) is 6.10. The van der Waals surface area contributed by atoms with E-state index in [1.165, 1.54) is 14.1 Å². The first-order chi connectivity index (χ1) is 14.0. The van der Waals surface area contributed by atoms with E-state index in [9.17, 15) is 13.2 Å². The number of anilines is 1. The van der Waals surface area contributed by atoms with Crippen molar-refractivity contribution in [2.75, 3.05) is 24.9 Å². The molecule has 0 saturated heterocycles. The second kappa shape index (κ2) is 8.28. The van der Waals surface area contributed by atoms with Crippen LogP contribution < -0.4 is 14.4 Å². The summed E-state index contributed by atoms with van der Waals surface area (Å²) in [6, 6.07) is 14.2. The van der Waals surface area contributed by atoms with Gasteiger partial charge in [0.15, 0.2) is 0 Å². The molecule has 1 aliphatic heterocycles. The van der Waals surface area contributed by atoms with Gasteiger partial charge in [-0.1, -0.05) is 35.9 Å². The molecule has 30 heavy (non-hydrogen) atoms. The number of fused-ring (bicyclic) bond motifs is 1. The quantitative estimate of drug-likeness (QED) is 0.763. The predicted octanol–water partition coefficient (Wildman–Crippen LogP) is 3.03. The van der Waals surface area contributed by atoms with Crippen molar-refractivity contribution in [3.63, 3.8) is 0 Å². The van der Waals surface area contributed by atoms with Gasteiger partial charge in [-0.2, -0.15) is 12.7 Å². The van der Waals surface area contributed by atoms with Crippen LogP contribution in [0.5, 0.6) is 5.75 Å². The Morgan fingerprint density at radius 3 is 2.47 bits per heavy atom. The van der Waals surface area contributed by atoms with E-state index in [0.717, 1.165) is 25.5 Å². The summed E-state index contributed by atoms with van der Waals surface area (Å²) in [6.07, 6.45) is 0.584. The number of carbonyl (C=O) groups excluding carboxylic acids is 1. The van der Waals surface area contributed by atoms with Crippen LogP contribution in [0.4, 0.5) is 5.69 Å². The van der Waals surface area contributed by atoms with Crippen LogP contribution in [0.1, 0.15) is 37.4 Å². The summed E-state index contributed by atoms with van der Waals surface area (Å²) < 4.78 is 34.0. The Labute approximate surface area is 178 Å². The minimum atomic E-state index is -3.84. The largest absolute Gasteiger partial charge is 0.487 e. The molecule has 2 aromatic carbocycles. The van der Waals surface area contributed by atoms with E-state index < -0.39 is 15.8 Å². The molecule has 0 unspecified atom stereocenters. The van der Waals surface area contributed by atoms with Gasteiger partial charge in [0.25, 0.3) is 0 Å². The fourth-order valence-electron chi connectivity index (χ4n) is 3.57. The molecule has 1 aliphatic rings. The molecule has 1 N–H and O–H groups in total. The van der Waals surface area contributed by atoms with Crippen LogP contribution >= 0.6 is 0 Å². The maximum atomic E-state index is 13.0.